The molecule has 11 nitrogen and oxygen atoms in total. The van der Waals surface area contributed by atoms with Crippen LogP contribution < -0.4 is 15.6 Å². The number of nitrogens with zero attached hydrogens (tertiary/aromatic N) is 5. The number of nitrogens with one attached hydrogen (secondary N) is 2. The Morgan fingerprint density at radius 1 is 1.19 bits per heavy atom. The minimum absolute atomic E-state index is 0.0416. The first-order chi connectivity index (χ1) is 20.7. The number of halogens is 2. The highest BCUT2D eigenvalue weighted by atomic mass is 19.2. The van der Waals surface area contributed by atoms with Crippen LogP contribution in [0.25, 0.3) is 44.1 Å². The third-order valence-electron chi connectivity index (χ3n) is 8.91. The van der Waals surface area contributed by atoms with E-state index in [4.69, 9.17) is 0 Å². The molecule has 2 saturated heterocycles. The van der Waals surface area contributed by atoms with E-state index in [2.05, 4.69) is 30.1 Å². The molecule has 2 fully saturated rings. The summed E-state index contributed by atoms with van der Waals surface area (Å²) in [5, 5.41) is 22.7. The second kappa shape index (κ2) is 9.99. The van der Waals surface area contributed by atoms with Crippen LogP contribution in [0.4, 0.5) is 20.2 Å². The Morgan fingerprint density at radius 2 is 2.00 bits per heavy atom. The van der Waals surface area contributed by atoms with Crippen LogP contribution >= 0.6 is 0 Å². The van der Waals surface area contributed by atoms with Crippen molar-refractivity contribution in [1.29, 1.82) is 0 Å². The van der Waals surface area contributed by atoms with Crippen molar-refractivity contribution in [3.63, 3.8) is 0 Å². The van der Waals surface area contributed by atoms with E-state index in [-0.39, 0.29) is 29.0 Å². The number of aliphatic hydroxyl groups excluding tert-OH is 1. The van der Waals surface area contributed by atoms with E-state index in [1.807, 2.05) is 0 Å². The number of aromatic amines is 1. The number of anilines is 2. The Labute approximate surface area is 243 Å². The first kappa shape index (κ1) is 27.2. The van der Waals surface area contributed by atoms with Gasteiger partial charge >= 0.3 is 5.97 Å². The maximum absolute atomic E-state index is 15.7. The van der Waals surface area contributed by atoms with Crippen LogP contribution in [0, 0.1) is 17.6 Å². The summed E-state index contributed by atoms with van der Waals surface area (Å²) in [6.07, 6.45) is 5.32. The SMILES string of the molecule is CNc1cc(F)c(F)c2c1[nH]c1ncc(-c3cnc4c(c3)c(=O)c(C(=O)O)cn4C)c(N3CCC4CN(CCO)C[C@H]43)c12. The lowest BCUT2D eigenvalue weighted by Crippen LogP contribution is -2.36. The van der Waals surface area contributed by atoms with Gasteiger partial charge in [-0.15, -0.1) is 0 Å². The zero-order valence-corrected chi connectivity index (χ0v) is 23.5. The highest BCUT2D eigenvalue weighted by molar-refractivity contribution is 6.18. The number of carboxylic acid groups (broad SMARTS) is 1. The first-order valence-electron chi connectivity index (χ1n) is 14.0. The molecule has 0 radical (unpaired) electrons. The van der Waals surface area contributed by atoms with Gasteiger partial charge in [0.05, 0.1) is 39.7 Å². The van der Waals surface area contributed by atoms with Gasteiger partial charge in [-0.1, -0.05) is 0 Å². The zero-order valence-electron chi connectivity index (χ0n) is 23.5. The van der Waals surface area contributed by atoms with Gasteiger partial charge < -0.3 is 30.0 Å². The molecule has 0 spiro atoms. The Balaban J connectivity index is 1.54. The lowest BCUT2D eigenvalue weighted by Gasteiger charge is -2.30. The fraction of sp³-hybridized carbons (Fsp3) is 0.333. The summed E-state index contributed by atoms with van der Waals surface area (Å²) in [5.41, 5.74) is 2.08. The number of carboxylic acids is 1. The number of hydrogen-bond donors (Lipinski definition) is 4. The molecule has 2 atom stereocenters. The van der Waals surface area contributed by atoms with Crippen molar-refractivity contribution in [3.8, 4) is 11.1 Å². The average Bonchev–Trinajstić information content (AvgIpc) is 3.69. The van der Waals surface area contributed by atoms with Crippen LogP contribution in [-0.4, -0.2) is 86.5 Å². The average molecular weight is 590 g/mol. The van der Waals surface area contributed by atoms with Crippen LogP contribution in [0.1, 0.15) is 16.8 Å². The Kier molecular flexibility index (Phi) is 6.32. The Morgan fingerprint density at radius 3 is 2.74 bits per heavy atom. The molecule has 6 heterocycles. The number of aliphatic hydroxyl groups is 1. The number of fused-ring (bicyclic) bond motifs is 5. The van der Waals surface area contributed by atoms with Crippen molar-refractivity contribution < 1.29 is 23.8 Å². The van der Waals surface area contributed by atoms with Gasteiger partial charge in [-0.25, -0.2) is 23.5 Å². The van der Waals surface area contributed by atoms with E-state index >= 15 is 4.39 Å². The van der Waals surface area contributed by atoms with E-state index in [0.717, 1.165) is 19.0 Å². The number of hydrogen-bond acceptors (Lipinski definition) is 8. The molecule has 0 aliphatic carbocycles. The highest BCUT2D eigenvalue weighted by Gasteiger charge is 2.43. The Hall–Kier alpha value is -4.62. The molecule has 222 valence electrons. The van der Waals surface area contributed by atoms with Gasteiger partial charge in [-0.2, -0.15) is 0 Å². The number of β-amino-alcohol motifs (C(OH)–C–C–N with tert-alkyl or cyclic N) is 1. The molecule has 1 aromatic carbocycles. The quantitative estimate of drug-likeness (QED) is 0.235. The second-order valence-corrected chi connectivity index (χ2v) is 11.3. The summed E-state index contributed by atoms with van der Waals surface area (Å²) in [6, 6.07) is 2.74. The van der Waals surface area contributed by atoms with Gasteiger partial charge in [0, 0.05) is 82.1 Å². The molecular formula is C30H29F2N7O4. The molecule has 1 unspecified atom stereocenters. The van der Waals surface area contributed by atoms with Crippen molar-refractivity contribution in [2.24, 2.45) is 13.0 Å². The summed E-state index contributed by atoms with van der Waals surface area (Å²) in [5.74, 6) is -3.03. The maximum atomic E-state index is 15.7. The number of likely N-dealkylation sites (tertiary alicyclic amines) is 1. The van der Waals surface area contributed by atoms with E-state index in [0.29, 0.717) is 70.3 Å². The summed E-state index contributed by atoms with van der Waals surface area (Å²) in [7, 11) is 3.24. The largest absolute Gasteiger partial charge is 0.477 e. The molecule has 2 aliphatic heterocycles. The van der Waals surface area contributed by atoms with Gasteiger partial charge in [0.15, 0.2) is 11.6 Å². The Bertz CT molecular complexity index is 2020. The third kappa shape index (κ3) is 4.06. The minimum atomic E-state index is -1.34. The lowest BCUT2D eigenvalue weighted by atomic mass is 9.99. The molecular weight excluding hydrogens is 560 g/mol. The number of aromatic nitrogens is 4. The fourth-order valence-corrected chi connectivity index (χ4v) is 6.96. The van der Waals surface area contributed by atoms with E-state index in [9.17, 15) is 24.2 Å². The van der Waals surface area contributed by atoms with Gasteiger partial charge in [0.1, 0.15) is 16.9 Å². The van der Waals surface area contributed by atoms with Crippen molar-refractivity contribution in [3.05, 3.63) is 58.1 Å². The van der Waals surface area contributed by atoms with Crippen molar-refractivity contribution in [2.75, 3.05) is 50.1 Å². The molecule has 2 aliphatic rings. The smallest absolute Gasteiger partial charge is 0.341 e. The summed E-state index contributed by atoms with van der Waals surface area (Å²) in [6.45, 7) is 2.75. The molecule has 0 bridgehead atoms. The fourth-order valence-electron chi connectivity index (χ4n) is 6.96. The van der Waals surface area contributed by atoms with E-state index < -0.39 is 23.0 Å². The topological polar surface area (TPSA) is 140 Å². The summed E-state index contributed by atoms with van der Waals surface area (Å²) in [4.78, 5) is 41.7. The normalized spacial score (nSPS) is 18.8. The maximum Gasteiger partial charge on any atom is 0.341 e. The number of pyridine rings is 3. The van der Waals surface area contributed by atoms with Gasteiger partial charge in [-0.3, -0.25) is 9.69 Å². The predicted octanol–water partition coefficient (Wildman–Crippen LogP) is 3.15. The van der Waals surface area contributed by atoms with Gasteiger partial charge in [0.25, 0.3) is 0 Å². The molecule has 0 amide bonds. The van der Waals surface area contributed by atoms with E-state index in [1.165, 1.54) is 10.8 Å². The predicted molar refractivity (Wildman–Crippen MR) is 159 cm³/mol. The molecule has 7 rings (SSSR count). The van der Waals surface area contributed by atoms with Crippen LogP contribution in [0.5, 0.6) is 0 Å². The van der Waals surface area contributed by atoms with Gasteiger partial charge in [-0.05, 0) is 18.4 Å². The lowest BCUT2D eigenvalue weighted by molar-refractivity contribution is 0.0695. The number of rotatable bonds is 6. The zero-order chi connectivity index (χ0) is 30.2. The standard InChI is InChI=1S/C30H29F2N7O4/c1-33-20-8-19(31)24(32)22-23-26(39-4-3-14-11-38(5-6-40)13-21(14)39)17(10-34-28(23)36-25(20)22)15-7-16-27(41)18(30(42)43)12-37(2)29(16)35-9-15/h7-10,12,14,21,33,40H,3-6,11,13H2,1-2H3,(H,34,36)(H,42,43)/t14?,21-/m1/s1. The first-order valence-corrected chi connectivity index (χ1v) is 14.0. The van der Waals surface area contributed by atoms with Crippen LogP contribution in [0.2, 0.25) is 0 Å². The summed E-state index contributed by atoms with van der Waals surface area (Å²) < 4.78 is 32.2. The number of H-pyrrole nitrogens is 1. The van der Waals surface area contributed by atoms with Crippen molar-refractivity contribution >= 4 is 50.3 Å². The number of carbonyl (C=O) groups is 1. The van der Waals surface area contributed by atoms with Crippen molar-refractivity contribution in [2.45, 2.75) is 12.5 Å². The third-order valence-corrected chi connectivity index (χ3v) is 8.91. The second-order valence-electron chi connectivity index (χ2n) is 11.3. The molecule has 4 aromatic heterocycles. The number of benzene rings is 1. The monoisotopic (exact) mass is 589 g/mol. The molecule has 13 heteroatoms. The minimum Gasteiger partial charge on any atom is -0.477 e. The highest BCUT2D eigenvalue weighted by Crippen LogP contribution is 2.47. The number of aryl methyl sites for hydroxylation is 1. The summed E-state index contributed by atoms with van der Waals surface area (Å²) >= 11 is 0. The van der Waals surface area contributed by atoms with Gasteiger partial charge in [0.2, 0.25) is 5.43 Å². The van der Waals surface area contributed by atoms with E-state index in [1.54, 1.807) is 32.6 Å². The molecule has 5 aromatic rings. The number of aromatic carboxylic acids is 1. The van der Waals surface area contributed by atoms with Crippen LogP contribution in [0.15, 0.2) is 35.5 Å². The molecule has 4 N–H and O–H groups in total. The van der Waals surface area contributed by atoms with Crippen LogP contribution in [-0.2, 0) is 7.05 Å². The molecule has 0 saturated carbocycles. The molecule has 43 heavy (non-hydrogen) atoms. The van der Waals surface area contributed by atoms with Crippen molar-refractivity contribution in [1.82, 2.24) is 24.4 Å². The van der Waals surface area contributed by atoms with Crippen LogP contribution in [0.3, 0.4) is 0 Å².